The fraction of sp³-hybridized carbons (Fsp3) is 0.308. The van der Waals surface area contributed by atoms with Gasteiger partial charge in [-0.3, -0.25) is 5.10 Å². The van der Waals surface area contributed by atoms with E-state index in [9.17, 15) is 0 Å². The lowest BCUT2D eigenvalue weighted by molar-refractivity contribution is 1.04. The summed E-state index contributed by atoms with van der Waals surface area (Å²) >= 11 is 0. The predicted octanol–water partition coefficient (Wildman–Crippen LogP) is 2.40. The van der Waals surface area contributed by atoms with Crippen LogP contribution >= 0.6 is 0 Å². The highest BCUT2D eigenvalue weighted by molar-refractivity contribution is 5.57. The van der Waals surface area contributed by atoms with Gasteiger partial charge in [-0.15, -0.1) is 0 Å². The Kier molecular flexibility index (Phi) is 3.32. The van der Waals surface area contributed by atoms with Gasteiger partial charge in [0.15, 0.2) is 0 Å². The minimum absolute atomic E-state index is 0.791. The van der Waals surface area contributed by atoms with Gasteiger partial charge in [0.1, 0.15) is 0 Å². The molecule has 4 heteroatoms. The molecule has 0 amide bonds. The largest absolute Gasteiger partial charge is 0.381 e. The molecule has 4 nitrogen and oxygen atoms in total. The lowest BCUT2D eigenvalue weighted by Crippen LogP contribution is -2.09. The summed E-state index contributed by atoms with van der Waals surface area (Å²) in [5.74, 6) is 0. The van der Waals surface area contributed by atoms with E-state index >= 15 is 0 Å². The van der Waals surface area contributed by atoms with Gasteiger partial charge in [-0.2, -0.15) is 5.10 Å². The number of hydrogen-bond donors (Lipinski definition) is 2. The number of rotatable bonds is 4. The number of nitrogens with zero attached hydrogens (tertiary/aromatic N) is 2. The van der Waals surface area contributed by atoms with Crippen LogP contribution in [-0.4, -0.2) is 24.3 Å². The van der Waals surface area contributed by atoms with Crippen LogP contribution in [0.2, 0.25) is 0 Å². The number of nitrogens with one attached hydrogen (secondary N) is 2. The molecule has 1 heterocycles. The molecule has 0 unspecified atom stereocenters. The van der Waals surface area contributed by atoms with E-state index in [1.807, 2.05) is 27.2 Å². The summed E-state index contributed by atoms with van der Waals surface area (Å²) in [6, 6.07) is 8.35. The van der Waals surface area contributed by atoms with Crippen molar-refractivity contribution in [2.24, 2.45) is 0 Å². The third-order valence-corrected chi connectivity index (χ3v) is 2.78. The number of anilines is 2. The Labute approximate surface area is 102 Å². The van der Waals surface area contributed by atoms with Gasteiger partial charge < -0.3 is 10.2 Å². The second-order valence-corrected chi connectivity index (χ2v) is 4.32. The van der Waals surface area contributed by atoms with Crippen LogP contribution in [0.3, 0.4) is 0 Å². The third kappa shape index (κ3) is 2.78. The number of aromatic amines is 1. The highest BCUT2D eigenvalue weighted by Gasteiger charge is 2.01. The van der Waals surface area contributed by atoms with E-state index < -0.39 is 0 Å². The minimum Gasteiger partial charge on any atom is -0.381 e. The van der Waals surface area contributed by atoms with Crippen molar-refractivity contribution in [3.05, 3.63) is 41.7 Å². The summed E-state index contributed by atoms with van der Waals surface area (Å²) in [5, 5.41) is 10.3. The molecule has 17 heavy (non-hydrogen) atoms. The van der Waals surface area contributed by atoms with Crippen molar-refractivity contribution in [2.75, 3.05) is 24.3 Å². The van der Waals surface area contributed by atoms with E-state index in [0.29, 0.717) is 0 Å². The minimum atomic E-state index is 0.791. The van der Waals surface area contributed by atoms with E-state index in [4.69, 9.17) is 0 Å². The molecular formula is C13H18N4. The lowest BCUT2D eigenvalue weighted by atomic mass is 10.2. The molecule has 90 valence electrons. The summed E-state index contributed by atoms with van der Waals surface area (Å²) in [4.78, 5) is 2.09. The molecule has 2 aromatic rings. The van der Waals surface area contributed by atoms with Crippen LogP contribution in [-0.2, 0) is 6.54 Å². The van der Waals surface area contributed by atoms with Crippen molar-refractivity contribution in [2.45, 2.75) is 13.5 Å². The number of benzene rings is 1. The van der Waals surface area contributed by atoms with Crippen molar-refractivity contribution in [3.63, 3.8) is 0 Å². The standard InChI is InChI=1S/C13H18N4/c1-10-11(9-15-16-10)8-14-12-5-4-6-13(7-12)17(2)3/h4-7,9,14H,8H2,1-3H3,(H,15,16). The molecule has 1 aromatic carbocycles. The van der Waals surface area contributed by atoms with Gasteiger partial charge in [-0.25, -0.2) is 0 Å². The highest BCUT2D eigenvalue weighted by atomic mass is 15.1. The SMILES string of the molecule is Cc1[nH]ncc1CNc1cccc(N(C)C)c1. The number of aryl methyl sites for hydroxylation is 1. The molecule has 0 fully saturated rings. The molecule has 0 aliphatic carbocycles. The maximum absolute atomic E-state index is 4.01. The van der Waals surface area contributed by atoms with Crippen LogP contribution in [0.5, 0.6) is 0 Å². The number of aromatic nitrogens is 2. The zero-order chi connectivity index (χ0) is 12.3. The zero-order valence-corrected chi connectivity index (χ0v) is 10.5. The molecule has 2 rings (SSSR count). The van der Waals surface area contributed by atoms with Gasteiger partial charge in [0.05, 0.1) is 6.20 Å². The first-order valence-corrected chi connectivity index (χ1v) is 5.67. The van der Waals surface area contributed by atoms with Gasteiger partial charge in [0.25, 0.3) is 0 Å². The van der Waals surface area contributed by atoms with E-state index in [1.165, 1.54) is 11.3 Å². The molecule has 0 atom stereocenters. The molecule has 0 spiro atoms. The van der Waals surface area contributed by atoms with E-state index in [-0.39, 0.29) is 0 Å². The molecular weight excluding hydrogens is 212 g/mol. The van der Waals surface area contributed by atoms with Gasteiger partial charge in [0, 0.05) is 43.3 Å². The fourth-order valence-electron chi connectivity index (χ4n) is 1.65. The average Bonchev–Trinajstić information content (AvgIpc) is 2.72. The maximum atomic E-state index is 4.01. The molecule has 0 saturated heterocycles. The van der Waals surface area contributed by atoms with Crippen molar-refractivity contribution in [3.8, 4) is 0 Å². The van der Waals surface area contributed by atoms with E-state index in [0.717, 1.165) is 17.9 Å². The summed E-state index contributed by atoms with van der Waals surface area (Å²) in [6.45, 7) is 2.82. The van der Waals surface area contributed by atoms with Crippen molar-refractivity contribution >= 4 is 11.4 Å². The maximum Gasteiger partial charge on any atom is 0.0539 e. The lowest BCUT2D eigenvalue weighted by Gasteiger charge is -2.14. The van der Waals surface area contributed by atoms with Gasteiger partial charge in [-0.05, 0) is 25.1 Å². The van der Waals surface area contributed by atoms with Crippen LogP contribution in [0.25, 0.3) is 0 Å². The molecule has 0 aliphatic rings. The molecule has 0 aliphatic heterocycles. The van der Waals surface area contributed by atoms with Crippen LogP contribution in [0.4, 0.5) is 11.4 Å². The Balaban J connectivity index is 2.04. The van der Waals surface area contributed by atoms with Crippen LogP contribution < -0.4 is 10.2 Å². The number of hydrogen-bond acceptors (Lipinski definition) is 3. The summed E-state index contributed by atoms with van der Waals surface area (Å²) in [5.41, 5.74) is 4.62. The first-order chi connectivity index (χ1) is 8.16. The summed E-state index contributed by atoms with van der Waals surface area (Å²) < 4.78 is 0. The average molecular weight is 230 g/mol. The fourth-order valence-corrected chi connectivity index (χ4v) is 1.65. The van der Waals surface area contributed by atoms with Crippen LogP contribution in [0, 0.1) is 6.92 Å². The summed E-state index contributed by atoms with van der Waals surface area (Å²) in [7, 11) is 4.08. The third-order valence-electron chi connectivity index (χ3n) is 2.78. The van der Waals surface area contributed by atoms with Crippen molar-refractivity contribution in [1.29, 1.82) is 0 Å². The van der Waals surface area contributed by atoms with Gasteiger partial charge in [-0.1, -0.05) is 6.07 Å². The second kappa shape index (κ2) is 4.91. The van der Waals surface area contributed by atoms with Gasteiger partial charge >= 0.3 is 0 Å². The van der Waals surface area contributed by atoms with Gasteiger partial charge in [0.2, 0.25) is 0 Å². The Bertz CT molecular complexity index is 488. The Morgan fingerprint density at radius 2 is 2.18 bits per heavy atom. The number of H-pyrrole nitrogens is 1. The topological polar surface area (TPSA) is 44.0 Å². The first kappa shape index (κ1) is 11.5. The molecule has 0 bridgehead atoms. The quantitative estimate of drug-likeness (QED) is 0.847. The normalized spacial score (nSPS) is 10.3. The zero-order valence-electron chi connectivity index (χ0n) is 10.5. The summed E-state index contributed by atoms with van der Waals surface area (Å²) in [6.07, 6.45) is 1.86. The van der Waals surface area contributed by atoms with E-state index in [1.54, 1.807) is 0 Å². The van der Waals surface area contributed by atoms with Crippen LogP contribution in [0.15, 0.2) is 30.5 Å². The van der Waals surface area contributed by atoms with Crippen molar-refractivity contribution in [1.82, 2.24) is 10.2 Å². The van der Waals surface area contributed by atoms with Crippen LogP contribution in [0.1, 0.15) is 11.3 Å². The highest BCUT2D eigenvalue weighted by Crippen LogP contribution is 2.18. The molecule has 1 aromatic heterocycles. The smallest absolute Gasteiger partial charge is 0.0539 e. The molecule has 0 saturated carbocycles. The first-order valence-electron chi connectivity index (χ1n) is 5.67. The molecule has 2 N–H and O–H groups in total. The second-order valence-electron chi connectivity index (χ2n) is 4.32. The Hall–Kier alpha value is -1.97. The molecule has 0 radical (unpaired) electrons. The Morgan fingerprint density at radius 3 is 2.82 bits per heavy atom. The van der Waals surface area contributed by atoms with E-state index in [2.05, 4.69) is 44.7 Å². The monoisotopic (exact) mass is 230 g/mol. The van der Waals surface area contributed by atoms with Crippen molar-refractivity contribution < 1.29 is 0 Å². The Morgan fingerprint density at radius 1 is 1.35 bits per heavy atom. The predicted molar refractivity (Wildman–Crippen MR) is 71.4 cm³/mol.